The van der Waals surface area contributed by atoms with E-state index in [1.807, 2.05) is 18.4 Å². The predicted octanol–water partition coefficient (Wildman–Crippen LogP) is 3.13. The Bertz CT molecular complexity index is 611. The van der Waals surface area contributed by atoms with Crippen molar-refractivity contribution in [3.63, 3.8) is 0 Å². The van der Waals surface area contributed by atoms with Crippen molar-refractivity contribution in [2.45, 2.75) is 25.9 Å². The molecule has 0 fully saturated rings. The number of pyridine rings is 1. The average Bonchev–Trinajstić information content (AvgIpc) is 2.90. The van der Waals surface area contributed by atoms with Crippen LogP contribution in [0.4, 0.5) is 10.2 Å². The molecule has 0 bridgehead atoms. The van der Waals surface area contributed by atoms with E-state index in [1.165, 1.54) is 16.6 Å². The normalized spacial score (nSPS) is 18.1. The molecule has 20 heavy (non-hydrogen) atoms. The standard InChI is InChI=1S/C15H18FN3S/c1-10-13-4-6-20-14(13)3-5-19(10)15-11(8-17-2)7-12(16)9-18-15/h4,6-7,9-10,17H,3,5,8H2,1-2H3. The number of halogens is 1. The van der Waals surface area contributed by atoms with Gasteiger partial charge in [-0.1, -0.05) is 0 Å². The quantitative estimate of drug-likeness (QED) is 0.941. The molecule has 2 aromatic heterocycles. The summed E-state index contributed by atoms with van der Waals surface area (Å²) >= 11 is 1.82. The third-order valence-corrected chi connectivity index (χ3v) is 4.82. The summed E-state index contributed by atoms with van der Waals surface area (Å²) in [6.07, 6.45) is 2.35. The topological polar surface area (TPSA) is 28.2 Å². The van der Waals surface area contributed by atoms with Crippen LogP contribution in [0.1, 0.15) is 29.0 Å². The van der Waals surface area contributed by atoms with E-state index in [2.05, 4.69) is 33.6 Å². The summed E-state index contributed by atoms with van der Waals surface area (Å²) in [7, 11) is 1.87. The lowest BCUT2D eigenvalue weighted by Gasteiger charge is -2.35. The van der Waals surface area contributed by atoms with Crippen LogP contribution in [-0.4, -0.2) is 18.6 Å². The summed E-state index contributed by atoms with van der Waals surface area (Å²) in [5.74, 6) is 0.616. The lowest BCUT2D eigenvalue weighted by molar-refractivity contribution is 0.597. The number of hydrogen-bond acceptors (Lipinski definition) is 4. The number of nitrogens with zero attached hydrogens (tertiary/aromatic N) is 2. The minimum Gasteiger partial charge on any atom is -0.349 e. The second-order valence-corrected chi connectivity index (χ2v) is 6.09. The van der Waals surface area contributed by atoms with Crippen molar-refractivity contribution < 1.29 is 4.39 Å². The van der Waals surface area contributed by atoms with E-state index in [4.69, 9.17) is 0 Å². The van der Waals surface area contributed by atoms with Gasteiger partial charge in [-0.05, 0) is 43.5 Å². The Morgan fingerprint density at radius 2 is 2.40 bits per heavy atom. The fourth-order valence-electron chi connectivity index (χ4n) is 2.85. The van der Waals surface area contributed by atoms with Gasteiger partial charge in [-0.15, -0.1) is 11.3 Å². The van der Waals surface area contributed by atoms with Crippen LogP contribution in [0.5, 0.6) is 0 Å². The van der Waals surface area contributed by atoms with Gasteiger partial charge >= 0.3 is 0 Å². The zero-order valence-electron chi connectivity index (χ0n) is 11.7. The molecule has 0 spiro atoms. The Hall–Kier alpha value is -1.46. The van der Waals surface area contributed by atoms with Crippen molar-refractivity contribution in [2.75, 3.05) is 18.5 Å². The molecule has 1 atom stereocenters. The van der Waals surface area contributed by atoms with Crippen molar-refractivity contribution >= 4 is 17.2 Å². The molecule has 0 aliphatic carbocycles. The number of anilines is 1. The summed E-state index contributed by atoms with van der Waals surface area (Å²) in [6, 6.07) is 4.06. The van der Waals surface area contributed by atoms with E-state index in [0.717, 1.165) is 24.3 Å². The molecular weight excluding hydrogens is 273 g/mol. The molecule has 0 aromatic carbocycles. The van der Waals surface area contributed by atoms with Crippen LogP contribution >= 0.6 is 11.3 Å². The molecule has 0 saturated carbocycles. The number of fused-ring (bicyclic) bond motifs is 1. The van der Waals surface area contributed by atoms with Crippen LogP contribution in [0.2, 0.25) is 0 Å². The summed E-state index contributed by atoms with van der Waals surface area (Å²) in [4.78, 5) is 8.09. The Kier molecular flexibility index (Phi) is 3.72. The van der Waals surface area contributed by atoms with Gasteiger partial charge < -0.3 is 10.2 Å². The highest BCUT2D eigenvalue weighted by Crippen LogP contribution is 2.36. The van der Waals surface area contributed by atoms with Crippen LogP contribution in [0.15, 0.2) is 23.7 Å². The first-order valence-corrected chi connectivity index (χ1v) is 7.70. The van der Waals surface area contributed by atoms with Gasteiger partial charge in [0.05, 0.1) is 12.2 Å². The van der Waals surface area contributed by atoms with E-state index >= 15 is 0 Å². The van der Waals surface area contributed by atoms with E-state index in [1.54, 1.807) is 6.07 Å². The Morgan fingerprint density at radius 1 is 1.55 bits per heavy atom. The van der Waals surface area contributed by atoms with Gasteiger partial charge in [-0.25, -0.2) is 9.37 Å². The number of aromatic nitrogens is 1. The van der Waals surface area contributed by atoms with Crippen molar-refractivity contribution in [1.29, 1.82) is 0 Å². The van der Waals surface area contributed by atoms with Crippen molar-refractivity contribution in [3.05, 3.63) is 45.5 Å². The molecule has 3 heterocycles. The summed E-state index contributed by atoms with van der Waals surface area (Å²) in [5.41, 5.74) is 2.29. The van der Waals surface area contributed by atoms with Gasteiger partial charge in [0, 0.05) is 23.5 Å². The molecule has 106 valence electrons. The molecule has 1 N–H and O–H groups in total. The van der Waals surface area contributed by atoms with Crippen molar-refractivity contribution in [2.24, 2.45) is 0 Å². The number of hydrogen-bond donors (Lipinski definition) is 1. The molecule has 0 saturated heterocycles. The Labute approximate surface area is 122 Å². The van der Waals surface area contributed by atoms with Crippen LogP contribution in [0.3, 0.4) is 0 Å². The summed E-state index contributed by atoms with van der Waals surface area (Å²) < 4.78 is 13.4. The summed E-state index contributed by atoms with van der Waals surface area (Å²) in [5, 5.41) is 5.24. The molecule has 3 nitrogen and oxygen atoms in total. The Balaban J connectivity index is 1.98. The average molecular weight is 291 g/mol. The molecule has 2 aromatic rings. The molecule has 0 radical (unpaired) electrons. The fraction of sp³-hybridized carbons (Fsp3) is 0.400. The SMILES string of the molecule is CNCc1cc(F)cnc1N1CCc2sccc2C1C. The molecule has 3 rings (SSSR count). The highest BCUT2D eigenvalue weighted by atomic mass is 32.1. The number of nitrogens with one attached hydrogen (secondary N) is 1. The first-order chi connectivity index (χ1) is 9.70. The summed E-state index contributed by atoms with van der Waals surface area (Å²) in [6.45, 7) is 3.75. The maximum Gasteiger partial charge on any atom is 0.141 e. The molecule has 1 unspecified atom stereocenters. The van der Waals surface area contributed by atoms with Crippen LogP contribution in [0.25, 0.3) is 0 Å². The van der Waals surface area contributed by atoms with Gasteiger partial charge in [0.15, 0.2) is 0 Å². The second-order valence-electron chi connectivity index (χ2n) is 5.09. The minimum atomic E-state index is -0.278. The Morgan fingerprint density at radius 3 is 3.20 bits per heavy atom. The number of rotatable bonds is 3. The third-order valence-electron chi connectivity index (χ3n) is 3.83. The lowest BCUT2D eigenvalue weighted by atomic mass is 10.0. The van der Waals surface area contributed by atoms with E-state index in [-0.39, 0.29) is 5.82 Å². The molecular formula is C15H18FN3S. The van der Waals surface area contributed by atoms with Gasteiger partial charge in [0.25, 0.3) is 0 Å². The molecule has 1 aliphatic heterocycles. The fourth-order valence-corrected chi connectivity index (χ4v) is 3.81. The van der Waals surface area contributed by atoms with Crippen molar-refractivity contribution in [1.82, 2.24) is 10.3 Å². The largest absolute Gasteiger partial charge is 0.349 e. The predicted molar refractivity (Wildman–Crippen MR) is 80.7 cm³/mol. The molecule has 0 amide bonds. The van der Waals surface area contributed by atoms with E-state index < -0.39 is 0 Å². The smallest absolute Gasteiger partial charge is 0.141 e. The maximum atomic E-state index is 13.4. The molecule has 5 heteroatoms. The van der Waals surface area contributed by atoms with Gasteiger partial charge in [-0.2, -0.15) is 0 Å². The van der Waals surface area contributed by atoms with Crippen LogP contribution in [0, 0.1) is 5.82 Å². The highest BCUT2D eigenvalue weighted by Gasteiger charge is 2.27. The van der Waals surface area contributed by atoms with E-state index in [0.29, 0.717) is 12.6 Å². The molecule has 1 aliphatic rings. The second kappa shape index (κ2) is 5.50. The van der Waals surface area contributed by atoms with Gasteiger partial charge in [-0.3, -0.25) is 0 Å². The van der Waals surface area contributed by atoms with Gasteiger partial charge in [0.2, 0.25) is 0 Å². The number of thiophene rings is 1. The zero-order valence-corrected chi connectivity index (χ0v) is 12.5. The highest BCUT2D eigenvalue weighted by molar-refractivity contribution is 7.10. The van der Waals surface area contributed by atoms with Crippen LogP contribution in [-0.2, 0) is 13.0 Å². The first kappa shape index (κ1) is 13.5. The lowest BCUT2D eigenvalue weighted by Crippen LogP contribution is -2.34. The van der Waals surface area contributed by atoms with Crippen LogP contribution < -0.4 is 10.2 Å². The van der Waals surface area contributed by atoms with E-state index in [9.17, 15) is 4.39 Å². The monoisotopic (exact) mass is 291 g/mol. The zero-order chi connectivity index (χ0) is 14.1. The minimum absolute atomic E-state index is 0.278. The maximum absolute atomic E-state index is 13.4. The van der Waals surface area contributed by atoms with Gasteiger partial charge in [0.1, 0.15) is 11.6 Å². The van der Waals surface area contributed by atoms with Crippen molar-refractivity contribution in [3.8, 4) is 0 Å². The third kappa shape index (κ3) is 2.31. The first-order valence-electron chi connectivity index (χ1n) is 6.82.